The molecule has 0 aliphatic rings. The Hall–Kier alpha value is -3.36. The minimum Gasteiger partial charge on any atom is -0.508 e. The molecule has 0 aliphatic carbocycles. The highest BCUT2D eigenvalue weighted by molar-refractivity contribution is 7.87. The van der Waals surface area contributed by atoms with Gasteiger partial charge in [-0.25, -0.2) is 0 Å². The second-order valence-corrected chi connectivity index (χ2v) is 13.2. The van der Waals surface area contributed by atoms with Crippen LogP contribution in [0, 0.1) is 0 Å². The molecule has 0 atom stereocenters. The maximum Gasteiger partial charge on any atom is 0.298 e. The number of phenolic OH excluding ortho intramolecular Hbond substituents is 2. The van der Waals surface area contributed by atoms with E-state index in [1.807, 2.05) is 0 Å². The number of hydrogen-bond acceptors (Lipinski definition) is 10. The summed E-state index contributed by atoms with van der Waals surface area (Å²) in [5.74, 6) is -0.911. The summed E-state index contributed by atoms with van der Waals surface area (Å²) in [5.41, 5.74) is 0. The summed E-state index contributed by atoms with van der Waals surface area (Å²) in [4.78, 5) is -2.55. The van der Waals surface area contributed by atoms with Crippen molar-refractivity contribution in [2.75, 3.05) is 0 Å². The molecule has 0 spiro atoms. The molecule has 0 saturated carbocycles. The van der Waals surface area contributed by atoms with E-state index in [4.69, 9.17) is 18.2 Å². The number of fused-ring (bicyclic) bond motifs is 2. The van der Waals surface area contributed by atoms with Gasteiger partial charge < -0.3 is 10.2 Å². The van der Waals surface area contributed by atoms with E-state index in [1.165, 1.54) is 18.2 Å². The predicted octanol–water partition coefficient (Wildman–Crippen LogP) is 2.08. The fourth-order valence-corrected chi connectivity index (χ4v) is 5.72. The Kier molecular flexibility index (Phi) is 7.49. The lowest BCUT2D eigenvalue weighted by atomic mass is 10.1. The average Bonchev–Trinajstić information content (AvgIpc) is 2.75. The van der Waals surface area contributed by atoms with Crippen LogP contribution >= 0.6 is 0 Å². The van der Waals surface area contributed by atoms with Crippen LogP contribution in [0.3, 0.4) is 0 Å². The molecule has 38 heavy (non-hydrogen) atoms. The smallest absolute Gasteiger partial charge is 0.298 e. The van der Waals surface area contributed by atoms with Crippen molar-refractivity contribution in [2.45, 2.75) is 19.6 Å². The van der Waals surface area contributed by atoms with Crippen molar-refractivity contribution in [1.29, 1.82) is 0 Å². The Balaban J connectivity index is 0.000000211. The summed E-state index contributed by atoms with van der Waals surface area (Å²) < 4.78 is 124. The maximum absolute atomic E-state index is 11.2. The second-order valence-electron chi connectivity index (χ2n) is 7.56. The first-order valence-corrected chi connectivity index (χ1v) is 15.4. The van der Waals surface area contributed by atoms with Crippen LogP contribution < -0.4 is 0 Å². The minimum absolute atomic E-state index is 0.0603. The van der Waals surface area contributed by atoms with E-state index in [1.54, 1.807) is 0 Å². The maximum atomic E-state index is 11.2. The molecular weight excluding hydrogens is 592 g/mol. The molecule has 4 aromatic rings. The highest BCUT2D eigenvalue weighted by Gasteiger charge is 2.21. The minimum atomic E-state index is -4.72. The molecule has 0 radical (unpaired) electrons. The lowest BCUT2D eigenvalue weighted by Gasteiger charge is -2.07. The summed E-state index contributed by atoms with van der Waals surface area (Å²) in [6.07, 6.45) is 0. The van der Waals surface area contributed by atoms with Crippen LogP contribution in [-0.2, 0) is 40.5 Å². The molecule has 4 rings (SSSR count). The van der Waals surface area contributed by atoms with Crippen LogP contribution in [0.1, 0.15) is 0 Å². The number of aromatic hydroxyl groups is 2. The SMILES string of the molecule is O=S(=O)(O)c1cc(S(=O)(=O)O)c2cc(O)ccc2c1.O=S(=O)(O)c1ccc2cc(O)c(S(=O)(=O)O)cc2c1. The summed E-state index contributed by atoms with van der Waals surface area (Å²) in [6.45, 7) is 0. The quantitative estimate of drug-likeness (QED) is 0.181. The van der Waals surface area contributed by atoms with Gasteiger partial charge in [-0.2, -0.15) is 33.7 Å². The zero-order valence-electron chi connectivity index (χ0n) is 18.4. The van der Waals surface area contributed by atoms with Gasteiger partial charge in [-0.3, -0.25) is 18.2 Å². The molecule has 6 N–H and O–H groups in total. The van der Waals surface area contributed by atoms with Crippen LogP contribution in [0.25, 0.3) is 21.5 Å². The molecule has 4 aromatic carbocycles. The van der Waals surface area contributed by atoms with Gasteiger partial charge in [0.1, 0.15) is 21.3 Å². The molecule has 14 nitrogen and oxygen atoms in total. The summed E-state index contributed by atoms with van der Waals surface area (Å²) >= 11 is 0. The van der Waals surface area contributed by atoms with Crippen LogP contribution in [0.15, 0.2) is 80.2 Å². The zero-order valence-corrected chi connectivity index (χ0v) is 21.6. The number of hydrogen-bond donors (Lipinski definition) is 6. The Morgan fingerprint density at radius 1 is 0.447 bits per heavy atom. The number of phenols is 2. The van der Waals surface area contributed by atoms with E-state index in [9.17, 15) is 43.9 Å². The normalized spacial score (nSPS) is 12.7. The van der Waals surface area contributed by atoms with Gasteiger partial charge in [0, 0.05) is 5.39 Å². The molecule has 204 valence electrons. The summed E-state index contributed by atoms with van der Waals surface area (Å²) in [7, 11) is -18.4. The fourth-order valence-electron chi connectivity index (χ4n) is 3.26. The van der Waals surface area contributed by atoms with Crippen LogP contribution in [-0.4, -0.2) is 62.1 Å². The van der Waals surface area contributed by atoms with Crippen molar-refractivity contribution in [3.05, 3.63) is 60.7 Å². The predicted molar refractivity (Wildman–Crippen MR) is 130 cm³/mol. The van der Waals surface area contributed by atoms with Gasteiger partial charge >= 0.3 is 0 Å². The van der Waals surface area contributed by atoms with Gasteiger partial charge in [-0.1, -0.05) is 12.1 Å². The van der Waals surface area contributed by atoms with Crippen LogP contribution in [0.4, 0.5) is 0 Å². The van der Waals surface area contributed by atoms with Gasteiger partial charge in [-0.05, 0) is 64.7 Å². The topological polar surface area (TPSA) is 258 Å². The lowest BCUT2D eigenvalue weighted by molar-refractivity contribution is 0.444. The van der Waals surface area contributed by atoms with Gasteiger partial charge in [0.2, 0.25) is 0 Å². The Bertz CT molecular complexity index is 2030. The van der Waals surface area contributed by atoms with Crippen molar-refractivity contribution in [1.82, 2.24) is 0 Å². The third-order valence-electron chi connectivity index (χ3n) is 4.91. The van der Waals surface area contributed by atoms with Gasteiger partial charge in [-0.15, -0.1) is 0 Å². The van der Waals surface area contributed by atoms with Crippen LogP contribution in [0.2, 0.25) is 0 Å². The Morgan fingerprint density at radius 3 is 1.50 bits per heavy atom. The molecule has 0 saturated heterocycles. The van der Waals surface area contributed by atoms with Crippen molar-refractivity contribution >= 4 is 62.0 Å². The third kappa shape index (κ3) is 6.55. The molecule has 0 amide bonds. The monoisotopic (exact) mass is 608 g/mol. The molecule has 0 heterocycles. The van der Waals surface area contributed by atoms with E-state index < -0.39 is 65.8 Å². The molecule has 0 unspecified atom stereocenters. The largest absolute Gasteiger partial charge is 0.508 e. The molecular formula is C20H16O14S4. The van der Waals surface area contributed by atoms with Gasteiger partial charge in [0.15, 0.2) is 0 Å². The van der Waals surface area contributed by atoms with Gasteiger partial charge in [0.25, 0.3) is 40.5 Å². The number of rotatable bonds is 4. The molecule has 0 aromatic heterocycles. The molecule has 18 heteroatoms. The summed E-state index contributed by atoms with van der Waals surface area (Å²) in [5, 5.41) is 19.3. The second kappa shape index (κ2) is 9.75. The zero-order chi connectivity index (χ0) is 28.8. The molecule has 0 bridgehead atoms. The van der Waals surface area contributed by atoms with E-state index >= 15 is 0 Å². The molecule has 0 fully saturated rings. The highest BCUT2D eigenvalue weighted by atomic mass is 32.2. The highest BCUT2D eigenvalue weighted by Crippen LogP contribution is 2.31. The first-order chi connectivity index (χ1) is 17.2. The van der Waals surface area contributed by atoms with Crippen molar-refractivity contribution < 1.29 is 62.1 Å². The van der Waals surface area contributed by atoms with E-state index in [0.717, 1.165) is 36.4 Å². The standard InChI is InChI=1S/2C10H8O7S2/c11-9-4-6-1-2-8(18(12,13)14)3-7(6)5-10(9)19(15,16)17;11-7-2-1-6-3-8(18(12,13)14)5-10(9(6)4-7)19(15,16)17/h2*1-5,11H,(H,12,13,14)(H,15,16,17). The molecule has 0 aliphatic heterocycles. The lowest BCUT2D eigenvalue weighted by Crippen LogP contribution is -2.04. The van der Waals surface area contributed by atoms with Gasteiger partial charge in [0.05, 0.1) is 9.79 Å². The van der Waals surface area contributed by atoms with E-state index in [2.05, 4.69) is 0 Å². The van der Waals surface area contributed by atoms with Crippen molar-refractivity contribution in [3.63, 3.8) is 0 Å². The van der Waals surface area contributed by atoms with E-state index in [-0.39, 0.29) is 21.9 Å². The first kappa shape index (κ1) is 29.2. The van der Waals surface area contributed by atoms with Crippen molar-refractivity contribution in [2.24, 2.45) is 0 Å². The average molecular weight is 609 g/mol. The first-order valence-electron chi connectivity index (χ1n) is 9.61. The van der Waals surface area contributed by atoms with Crippen LogP contribution in [0.5, 0.6) is 11.5 Å². The summed E-state index contributed by atoms with van der Waals surface area (Å²) in [6, 6.07) is 10.6. The van der Waals surface area contributed by atoms with Crippen molar-refractivity contribution in [3.8, 4) is 11.5 Å². The Labute approximate surface area is 215 Å². The number of benzene rings is 4. The van der Waals surface area contributed by atoms with E-state index in [0.29, 0.717) is 11.5 Å². The third-order valence-corrected chi connectivity index (χ3v) is 8.37. The fraction of sp³-hybridized carbons (Fsp3) is 0. The Morgan fingerprint density at radius 2 is 0.974 bits per heavy atom.